The summed E-state index contributed by atoms with van der Waals surface area (Å²) in [5.41, 5.74) is 1.13. The minimum Gasteiger partial charge on any atom is -0.316 e. The van der Waals surface area contributed by atoms with Gasteiger partial charge in [0.1, 0.15) is 4.90 Å². The second kappa shape index (κ2) is 9.89. The molecule has 2 heterocycles. The molecule has 0 unspecified atom stereocenters. The van der Waals surface area contributed by atoms with Crippen LogP contribution in [0.1, 0.15) is 51.9 Å². The maximum absolute atomic E-state index is 12.7. The quantitative estimate of drug-likeness (QED) is 0.626. The van der Waals surface area contributed by atoms with Crippen LogP contribution in [0.4, 0.5) is 0 Å². The smallest absolute Gasteiger partial charge is 0.244 e. The molecule has 0 atom stereocenters. The molecule has 1 aliphatic carbocycles. The summed E-state index contributed by atoms with van der Waals surface area (Å²) in [6, 6.07) is 3.30. The highest BCUT2D eigenvalue weighted by atomic mass is 32.2. The Hall–Kier alpha value is -1.38. The van der Waals surface area contributed by atoms with Crippen LogP contribution in [-0.4, -0.2) is 53.9 Å². The lowest BCUT2D eigenvalue weighted by molar-refractivity contribution is -0.126. The summed E-state index contributed by atoms with van der Waals surface area (Å²) in [5.74, 6) is 0.378. The van der Waals surface area contributed by atoms with Gasteiger partial charge in [0, 0.05) is 31.5 Å². The Morgan fingerprint density at radius 1 is 1.18 bits per heavy atom. The average molecular weight is 424 g/mol. The molecule has 1 aromatic heterocycles. The number of carbonyl (C=O) groups excluding carboxylic acids is 1. The molecule has 0 saturated carbocycles. The van der Waals surface area contributed by atoms with E-state index in [1.165, 1.54) is 24.4 Å². The van der Waals surface area contributed by atoms with E-state index in [0.717, 1.165) is 44.2 Å². The van der Waals surface area contributed by atoms with E-state index in [1.807, 2.05) is 11.8 Å². The molecule has 0 N–H and O–H groups in total. The third-order valence-corrected chi connectivity index (χ3v) is 8.05. The lowest BCUT2D eigenvalue weighted by Gasteiger charge is -2.26. The molecule has 1 fully saturated rings. The molecule has 1 aromatic rings. The number of rotatable bonds is 7. The summed E-state index contributed by atoms with van der Waals surface area (Å²) in [7, 11) is -3.46. The first kappa shape index (κ1) is 21.3. The van der Waals surface area contributed by atoms with Crippen molar-refractivity contribution in [1.82, 2.24) is 14.2 Å². The largest absolute Gasteiger partial charge is 0.316 e. The predicted octanol–water partition coefficient (Wildman–Crippen LogP) is 3.65. The van der Waals surface area contributed by atoms with E-state index in [9.17, 15) is 13.2 Å². The van der Waals surface area contributed by atoms with Crippen molar-refractivity contribution >= 4 is 27.7 Å². The number of nitrogens with zero attached hydrogens (tertiary/aromatic N) is 3. The van der Waals surface area contributed by atoms with Crippen molar-refractivity contribution in [3.8, 4) is 0 Å². The number of aromatic nitrogens is 1. The fourth-order valence-corrected chi connectivity index (χ4v) is 5.86. The highest BCUT2D eigenvalue weighted by molar-refractivity contribution is 7.99. The van der Waals surface area contributed by atoms with E-state index in [2.05, 4.69) is 11.1 Å². The van der Waals surface area contributed by atoms with Gasteiger partial charge >= 0.3 is 0 Å². The zero-order chi connectivity index (χ0) is 20.0. The van der Waals surface area contributed by atoms with E-state index in [0.29, 0.717) is 30.4 Å². The summed E-state index contributed by atoms with van der Waals surface area (Å²) < 4.78 is 26.9. The van der Waals surface area contributed by atoms with E-state index in [-0.39, 0.29) is 10.8 Å². The molecule has 3 rings (SSSR count). The Bertz CT molecular complexity index is 800. The summed E-state index contributed by atoms with van der Waals surface area (Å²) in [4.78, 5) is 19.0. The van der Waals surface area contributed by atoms with E-state index in [1.54, 1.807) is 16.4 Å². The fraction of sp³-hybridized carbons (Fsp3) is 0.600. The Labute approximate surface area is 172 Å². The number of carbonyl (C=O) groups is 1. The van der Waals surface area contributed by atoms with Gasteiger partial charge in [-0.15, -0.1) is 0 Å². The zero-order valence-corrected chi connectivity index (χ0v) is 18.1. The van der Waals surface area contributed by atoms with Crippen LogP contribution in [-0.2, 0) is 14.8 Å². The SMILES string of the molecule is CCN(C(=O)CSc1ccc(S(=O)(=O)N2CCCCC2)cn1)C1=CCCCC1. The van der Waals surface area contributed by atoms with Gasteiger partial charge in [-0.1, -0.05) is 24.3 Å². The lowest BCUT2D eigenvalue weighted by atomic mass is 10.0. The van der Waals surface area contributed by atoms with Crippen molar-refractivity contribution in [2.45, 2.75) is 61.8 Å². The Kier molecular flexibility index (Phi) is 7.54. The average Bonchev–Trinajstić information content (AvgIpc) is 2.74. The normalized spacial score (nSPS) is 18.5. The molecule has 0 bridgehead atoms. The molecule has 0 spiro atoms. The Morgan fingerprint density at radius 2 is 1.96 bits per heavy atom. The summed E-state index contributed by atoms with van der Waals surface area (Å²) in [6.07, 6.45) is 10.8. The molecule has 1 amide bonds. The minimum absolute atomic E-state index is 0.0764. The van der Waals surface area contributed by atoms with Crippen molar-refractivity contribution in [2.24, 2.45) is 0 Å². The number of hydrogen-bond acceptors (Lipinski definition) is 5. The number of allylic oxidation sites excluding steroid dienone is 2. The number of thioether (sulfide) groups is 1. The maximum Gasteiger partial charge on any atom is 0.244 e. The molecule has 28 heavy (non-hydrogen) atoms. The standard InChI is InChI=1S/C20H29N3O3S2/c1-2-23(17-9-5-3-6-10-17)20(24)16-27-19-12-11-18(15-21-19)28(25,26)22-13-7-4-8-14-22/h9,11-12,15H,2-8,10,13-14,16H2,1H3. The Balaban J connectivity index is 1.59. The topological polar surface area (TPSA) is 70.6 Å². The fourth-order valence-electron chi connectivity index (χ4n) is 3.68. The molecule has 1 aliphatic heterocycles. The van der Waals surface area contributed by atoms with E-state index in [4.69, 9.17) is 0 Å². The number of hydrogen-bond donors (Lipinski definition) is 0. The first-order chi connectivity index (χ1) is 13.5. The first-order valence-electron chi connectivity index (χ1n) is 10.1. The number of amides is 1. The minimum atomic E-state index is -3.46. The summed E-state index contributed by atoms with van der Waals surface area (Å²) in [5, 5.41) is 0.666. The highest BCUT2D eigenvalue weighted by Crippen LogP contribution is 2.25. The molecule has 6 nitrogen and oxygen atoms in total. The van der Waals surface area contributed by atoms with Gasteiger partial charge in [-0.3, -0.25) is 4.79 Å². The zero-order valence-electron chi connectivity index (χ0n) is 16.5. The lowest BCUT2D eigenvalue weighted by Crippen LogP contribution is -2.35. The Morgan fingerprint density at radius 3 is 2.57 bits per heavy atom. The van der Waals surface area contributed by atoms with Crippen LogP contribution in [0.5, 0.6) is 0 Å². The van der Waals surface area contributed by atoms with Crippen LogP contribution >= 0.6 is 11.8 Å². The monoisotopic (exact) mass is 423 g/mol. The number of sulfonamides is 1. The second-order valence-corrected chi connectivity index (χ2v) is 10.1. The number of piperidine rings is 1. The molecule has 8 heteroatoms. The molecule has 1 saturated heterocycles. The third kappa shape index (κ3) is 5.15. The van der Waals surface area contributed by atoms with Crippen molar-refractivity contribution in [1.29, 1.82) is 0 Å². The molecular formula is C20H29N3O3S2. The van der Waals surface area contributed by atoms with Gasteiger partial charge in [-0.25, -0.2) is 13.4 Å². The molecule has 2 aliphatic rings. The van der Waals surface area contributed by atoms with Crippen LogP contribution in [0.25, 0.3) is 0 Å². The van der Waals surface area contributed by atoms with Crippen LogP contribution in [0.3, 0.4) is 0 Å². The van der Waals surface area contributed by atoms with Crippen LogP contribution in [0, 0.1) is 0 Å². The first-order valence-corrected chi connectivity index (χ1v) is 12.5. The van der Waals surface area contributed by atoms with Crippen molar-refractivity contribution in [3.05, 3.63) is 30.1 Å². The van der Waals surface area contributed by atoms with Crippen LogP contribution in [0.2, 0.25) is 0 Å². The van der Waals surface area contributed by atoms with Gasteiger partial charge in [0.05, 0.1) is 10.8 Å². The molecule has 0 radical (unpaired) electrons. The van der Waals surface area contributed by atoms with Gasteiger partial charge in [0.25, 0.3) is 0 Å². The van der Waals surface area contributed by atoms with Gasteiger partial charge < -0.3 is 4.90 Å². The van der Waals surface area contributed by atoms with Gasteiger partial charge in [0.2, 0.25) is 15.9 Å². The van der Waals surface area contributed by atoms with E-state index >= 15 is 0 Å². The van der Waals surface area contributed by atoms with Crippen LogP contribution in [0.15, 0.2) is 40.0 Å². The maximum atomic E-state index is 12.7. The van der Waals surface area contributed by atoms with Gasteiger partial charge in [0.15, 0.2) is 0 Å². The van der Waals surface area contributed by atoms with E-state index < -0.39 is 10.0 Å². The molecule has 154 valence electrons. The third-order valence-electron chi connectivity index (χ3n) is 5.24. The van der Waals surface area contributed by atoms with Crippen LogP contribution < -0.4 is 0 Å². The number of pyridine rings is 1. The highest BCUT2D eigenvalue weighted by Gasteiger charge is 2.26. The summed E-state index contributed by atoms with van der Waals surface area (Å²) >= 11 is 1.35. The molecular weight excluding hydrogens is 394 g/mol. The van der Waals surface area contributed by atoms with Gasteiger partial charge in [-0.05, 0) is 57.6 Å². The molecule has 0 aromatic carbocycles. The van der Waals surface area contributed by atoms with Crippen molar-refractivity contribution < 1.29 is 13.2 Å². The van der Waals surface area contributed by atoms with Crippen molar-refractivity contribution in [3.63, 3.8) is 0 Å². The summed E-state index contributed by atoms with van der Waals surface area (Å²) in [6.45, 7) is 3.83. The van der Waals surface area contributed by atoms with Gasteiger partial charge in [-0.2, -0.15) is 4.31 Å². The second-order valence-electron chi connectivity index (χ2n) is 7.16. The predicted molar refractivity (Wildman–Crippen MR) is 112 cm³/mol. The van der Waals surface area contributed by atoms with Crippen molar-refractivity contribution in [2.75, 3.05) is 25.4 Å².